The summed E-state index contributed by atoms with van der Waals surface area (Å²) < 4.78 is 46.5. The summed E-state index contributed by atoms with van der Waals surface area (Å²) in [6.07, 6.45) is 0. The first-order valence-corrected chi connectivity index (χ1v) is 7.38. The zero-order valence-corrected chi connectivity index (χ0v) is 13.5. The van der Waals surface area contributed by atoms with E-state index in [1.807, 2.05) is 0 Å². The van der Waals surface area contributed by atoms with Gasteiger partial charge in [-0.3, -0.25) is 0 Å². The van der Waals surface area contributed by atoms with Crippen LogP contribution < -0.4 is 0 Å². The van der Waals surface area contributed by atoms with E-state index in [9.17, 15) is 18.0 Å². The van der Waals surface area contributed by atoms with E-state index in [0.717, 1.165) is 30.0 Å². The van der Waals surface area contributed by atoms with Gasteiger partial charge >= 0.3 is 5.97 Å². The van der Waals surface area contributed by atoms with Gasteiger partial charge in [-0.2, -0.15) is 5.10 Å². The Morgan fingerprint density at radius 3 is 2.36 bits per heavy atom. The third-order valence-corrected chi connectivity index (χ3v) is 3.82. The number of rotatable bonds is 3. The second kappa shape index (κ2) is 6.60. The Balaban J connectivity index is 2.31. The fraction of sp³-hybridized carbons (Fsp3) is 0.0588. The minimum absolute atomic E-state index is 0.103. The monoisotopic (exact) mass is 366 g/mol. The van der Waals surface area contributed by atoms with Crippen LogP contribution in [-0.4, -0.2) is 22.9 Å². The number of hydrogen-bond acceptors (Lipinski definition) is 3. The Labute approximate surface area is 145 Å². The van der Waals surface area contributed by atoms with Crippen molar-refractivity contribution < 1.29 is 22.7 Å². The van der Waals surface area contributed by atoms with Crippen molar-refractivity contribution in [2.24, 2.45) is 0 Å². The second-order valence-corrected chi connectivity index (χ2v) is 5.40. The Morgan fingerprint density at radius 1 is 1.08 bits per heavy atom. The minimum Gasteiger partial charge on any atom is -0.464 e. The summed E-state index contributed by atoms with van der Waals surface area (Å²) in [4.78, 5) is 11.9. The molecule has 2 aromatic carbocycles. The van der Waals surface area contributed by atoms with Crippen molar-refractivity contribution in [2.45, 2.75) is 0 Å². The van der Waals surface area contributed by atoms with Crippen molar-refractivity contribution in [2.75, 3.05) is 7.11 Å². The second-order valence-electron chi connectivity index (χ2n) is 5.02. The van der Waals surface area contributed by atoms with Gasteiger partial charge in [0.2, 0.25) is 0 Å². The number of methoxy groups -OCH3 is 1. The highest BCUT2D eigenvalue weighted by Crippen LogP contribution is 2.34. The summed E-state index contributed by atoms with van der Waals surface area (Å²) in [7, 11) is 1.14. The molecule has 0 N–H and O–H groups in total. The lowest BCUT2D eigenvalue weighted by Gasteiger charge is -2.09. The molecule has 0 amide bonds. The number of ether oxygens (including phenoxy) is 1. The topological polar surface area (TPSA) is 44.1 Å². The molecule has 0 saturated heterocycles. The third kappa shape index (κ3) is 3.10. The Hall–Kier alpha value is -2.80. The number of carbonyl (C=O) groups is 1. The molecule has 0 unspecified atom stereocenters. The molecule has 3 rings (SSSR count). The van der Waals surface area contributed by atoms with Crippen molar-refractivity contribution in [3.63, 3.8) is 0 Å². The molecule has 3 aromatic rings. The van der Waals surface area contributed by atoms with Crippen LogP contribution in [-0.2, 0) is 4.74 Å². The smallest absolute Gasteiger partial charge is 0.360 e. The number of halogens is 4. The molecule has 25 heavy (non-hydrogen) atoms. The van der Waals surface area contributed by atoms with E-state index in [1.165, 1.54) is 24.3 Å². The number of esters is 1. The van der Waals surface area contributed by atoms with Gasteiger partial charge in [0.15, 0.2) is 5.69 Å². The highest BCUT2D eigenvalue weighted by Gasteiger charge is 2.25. The van der Waals surface area contributed by atoms with E-state index < -0.39 is 23.4 Å². The van der Waals surface area contributed by atoms with Crippen LogP contribution in [0.3, 0.4) is 0 Å². The van der Waals surface area contributed by atoms with Crippen molar-refractivity contribution in [3.05, 3.63) is 70.6 Å². The lowest BCUT2D eigenvalue weighted by atomic mass is 10.1. The summed E-state index contributed by atoms with van der Waals surface area (Å²) in [6.45, 7) is 0. The molecule has 4 nitrogen and oxygen atoms in total. The van der Waals surface area contributed by atoms with Crippen molar-refractivity contribution in [3.8, 4) is 16.9 Å². The average Bonchev–Trinajstić information content (AvgIpc) is 2.94. The van der Waals surface area contributed by atoms with Crippen LogP contribution in [0.25, 0.3) is 16.9 Å². The molecule has 1 aromatic heterocycles. The molecule has 0 radical (unpaired) electrons. The number of nitrogens with zero attached hydrogens (tertiary/aromatic N) is 2. The van der Waals surface area contributed by atoms with Crippen molar-refractivity contribution in [1.29, 1.82) is 0 Å². The summed E-state index contributed by atoms with van der Waals surface area (Å²) in [5.74, 6) is -2.81. The molecule has 8 heteroatoms. The van der Waals surface area contributed by atoms with E-state index in [2.05, 4.69) is 9.84 Å². The molecule has 0 saturated carbocycles. The Bertz CT molecular complexity index is 955. The highest BCUT2D eigenvalue weighted by atomic mass is 35.5. The van der Waals surface area contributed by atoms with Gasteiger partial charge in [-0.25, -0.2) is 22.6 Å². The summed E-state index contributed by atoms with van der Waals surface area (Å²) in [6, 6.07) is 7.88. The van der Waals surface area contributed by atoms with Crippen molar-refractivity contribution in [1.82, 2.24) is 9.78 Å². The Kier molecular flexibility index (Phi) is 4.50. The van der Waals surface area contributed by atoms with Gasteiger partial charge in [-0.15, -0.1) is 0 Å². The van der Waals surface area contributed by atoms with E-state index in [-0.39, 0.29) is 22.1 Å². The van der Waals surface area contributed by atoms with Gasteiger partial charge in [-0.1, -0.05) is 11.6 Å². The molecule has 0 bridgehead atoms. The van der Waals surface area contributed by atoms with Crippen LogP contribution >= 0.6 is 11.6 Å². The van der Waals surface area contributed by atoms with E-state index in [4.69, 9.17) is 11.6 Å². The number of hydrogen-bond donors (Lipinski definition) is 0. The van der Waals surface area contributed by atoms with Crippen LogP contribution in [0.2, 0.25) is 5.02 Å². The van der Waals surface area contributed by atoms with Gasteiger partial charge < -0.3 is 4.74 Å². The quantitative estimate of drug-likeness (QED) is 0.645. The van der Waals surface area contributed by atoms with E-state index in [0.29, 0.717) is 5.56 Å². The molecule has 128 valence electrons. The minimum atomic E-state index is -0.844. The van der Waals surface area contributed by atoms with E-state index >= 15 is 0 Å². The van der Waals surface area contributed by atoms with Crippen molar-refractivity contribution >= 4 is 17.6 Å². The van der Waals surface area contributed by atoms with Crippen LogP contribution in [0.4, 0.5) is 13.2 Å². The van der Waals surface area contributed by atoms with Gasteiger partial charge in [0.25, 0.3) is 0 Å². The SMILES string of the molecule is COC(=O)c1nn(-c2cc(F)ccc2F)c(-c2ccc(F)cc2)c1Cl. The molecule has 0 fully saturated rings. The maximum atomic E-state index is 14.2. The first kappa shape index (κ1) is 17.0. The number of carbonyl (C=O) groups excluding carboxylic acids is 1. The maximum Gasteiger partial charge on any atom is 0.360 e. The number of aromatic nitrogens is 2. The zero-order chi connectivity index (χ0) is 18.1. The molecule has 1 heterocycles. The summed E-state index contributed by atoms with van der Waals surface area (Å²) >= 11 is 6.23. The normalized spacial score (nSPS) is 10.8. The lowest BCUT2D eigenvalue weighted by molar-refractivity contribution is 0.0593. The first-order chi connectivity index (χ1) is 11.9. The molecule has 0 aliphatic heterocycles. The largest absolute Gasteiger partial charge is 0.464 e. The lowest BCUT2D eigenvalue weighted by Crippen LogP contribution is -2.06. The van der Waals surface area contributed by atoms with Crippen LogP contribution in [0, 0.1) is 17.5 Å². The standard InChI is InChI=1S/C17H10ClF3N2O2/c1-25-17(24)15-14(18)16(9-2-4-10(19)5-3-9)23(22-15)13-8-11(20)6-7-12(13)21/h2-8H,1H3. The fourth-order valence-corrected chi connectivity index (χ4v) is 2.61. The molecule has 0 aliphatic rings. The summed E-state index contributed by atoms with van der Waals surface area (Å²) in [5.41, 5.74) is -0.0622. The zero-order valence-electron chi connectivity index (χ0n) is 12.8. The molecule has 0 spiro atoms. The molecular formula is C17H10ClF3N2O2. The van der Waals surface area contributed by atoms with E-state index in [1.54, 1.807) is 0 Å². The highest BCUT2D eigenvalue weighted by molar-refractivity contribution is 6.35. The number of benzene rings is 2. The fourth-order valence-electron chi connectivity index (χ4n) is 2.31. The van der Waals surface area contributed by atoms with Gasteiger partial charge in [0.1, 0.15) is 28.2 Å². The Morgan fingerprint density at radius 2 is 1.72 bits per heavy atom. The summed E-state index contributed by atoms with van der Waals surface area (Å²) in [5, 5.41) is 3.84. The first-order valence-electron chi connectivity index (χ1n) is 7.00. The van der Waals surface area contributed by atoms with Gasteiger partial charge in [-0.05, 0) is 36.4 Å². The predicted octanol–water partition coefficient (Wildman–Crippen LogP) is 4.40. The van der Waals surface area contributed by atoms with Gasteiger partial charge in [0, 0.05) is 11.6 Å². The predicted molar refractivity (Wildman–Crippen MR) is 85.2 cm³/mol. The average molecular weight is 367 g/mol. The maximum absolute atomic E-state index is 14.2. The van der Waals surface area contributed by atoms with Gasteiger partial charge in [0.05, 0.1) is 12.8 Å². The molecule has 0 atom stereocenters. The molecular weight excluding hydrogens is 357 g/mol. The van der Waals surface area contributed by atoms with Crippen LogP contribution in [0.15, 0.2) is 42.5 Å². The molecule has 0 aliphatic carbocycles. The third-order valence-electron chi connectivity index (χ3n) is 3.46. The van der Waals surface area contributed by atoms with Crippen LogP contribution in [0.5, 0.6) is 0 Å². The van der Waals surface area contributed by atoms with Crippen LogP contribution in [0.1, 0.15) is 10.5 Å².